The van der Waals surface area contributed by atoms with Crippen LogP contribution in [0.3, 0.4) is 0 Å². The van der Waals surface area contributed by atoms with Crippen LogP contribution in [0.4, 0.5) is 0 Å². The summed E-state index contributed by atoms with van der Waals surface area (Å²) in [6.45, 7) is 6.61. The second-order valence-electron chi connectivity index (χ2n) is 4.68. The summed E-state index contributed by atoms with van der Waals surface area (Å²) in [4.78, 5) is 9.56. The topological polar surface area (TPSA) is 63.0 Å². The summed E-state index contributed by atoms with van der Waals surface area (Å²) in [7, 11) is 0. The Hall–Kier alpha value is -0.640. The summed E-state index contributed by atoms with van der Waals surface area (Å²) < 4.78 is 0. The maximum Gasteiger partial charge on any atom is 0.235 e. The van der Waals surface area contributed by atoms with Crippen LogP contribution >= 0.6 is 0 Å². The lowest BCUT2D eigenvalue weighted by molar-refractivity contribution is -0.503. The van der Waals surface area contributed by atoms with Gasteiger partial charge in [-0.3, -0.25) is 10.1 Å². The number of nitro groups is 1. The van der Waals surface area contributed by atoms with Crippen LogP contribution in [0.2, 0.25) is 0 Å². The third-order valence-electron chi connectivity index (χ3n) is 1.37. The maximum absolute atomic E-state index is 11.5. The van der Waals surface area contributed by atoms with Crippen LogP contribution in [0.15, 0.2) is 0 Å². The van der Waals surface area contributed by atoms with Gasteiger partial charge in [0.2, 0.25) is 6.54 Å². The molecule has 0 aliphatic rings. The van der Waals surface area contributed by atoms with Crippen molar-refractivity contribution in [3.63, 3.8) is 0 Å². The Labute approximate surface area is 72.7 Å². The number of rotatable bonds is 3. The second-order valence-corrected chi connectivity index (χ2v) is 4.68. The fourth-order valence-electron chi connectivity index (χ4n) is 1.45. The molecule has 1 radical (unpaired) electrons. The summed E-state index contributed by atoms with van der Waals surface area (Å²) in [5.74, 6) is 0. The maximum atomic E-state index is 11.5. The molecule has 0 aromatic heterocycles. The van der Waals surface area contributed by atoms with E-state index in [1.807, 2.05) is 20.8 Å². The Balaban J connectivity index is 4.13. The molecule has 0 aromatic carbocycles. The van der Waals surface area contributed by atoms with Crippen LogP contribution in [-0.2, 0) is 5.11 Å². The van der Waals surface area contributed by atoms with Gasteiger partial charge in [-0.25, -0.2) is 5.11 Å². The summed E-state index contributed by atoms with van der Waals surface area (Å²) in [6.07, 6.45) is 0.320. The number of nitrogens with zero attached hydrogens (tertiary/aromatic N) is 1. The smallest absolute Gasteiger partial charge is 0.235 e. The molecule has 0 heterocycles. The van der Waals surface area contributed by atoms with Crippen molar-refractivity contribution in [1.82, 2.24) is 0 Å². The van der Waals surface area contributed by atoms with Crippen LogP contribution < -0.4 is 0 Å². The van der Waals surface area contributed by atoms with Gasteiger partial charge in [0.25, 0.3) is 0 Å². The minimum Gasteiger partial charge on any atom is -0.264 e. The highest BCUT2D eigenvalue weighted by Crippen LogP contribution is 2.27. The van der Waals surface area contributed by atoms with Crippen molar-refractivity contribution in [2.45, 2.75) is 39.7 Å². The predicted molar refractivity (Wildman–Crippen MR) is 45.0 cm³/mol. The van der Waals surface area contributed by atoms with Crippen molar-refractivity contribution >= 4 is 0 Å². The van der Waals surface area contributed by atoms with E-state index in [0.29, 0.717) is 6.42 Å². The van der Waals surface area contributed by atoms with E-state index in [-0.39, 0.29) is 5.41 Å². The van der Waals surface area contributed by atoms with E-state index in [1.165, 1.54) is 6.92 Å². The third-order valence-corrected chi connectivity index (χ3v) is 1.37. The number of hydrogen-bond acceptors (Lipinski definition) is 2. The quantitative estimate of drug-likeness (QED) is 0.484. The summed E-state index contributed by atoms with van der Waals surface area (Å²) in [5.41, 5.74) is -1.59. The fourth-order valence-corrected chi connectivity index (χ4v) is 1.45. The van der Waals surface area contributed by atoms with Crippen molar-refractivity contribution < 1.29 is 10.0 Å². The largest absolute Gasteiger partial charge is 0.264 e. The first-order valence-electron chi connectivity index (χ1n) is 3.95. The zero-order valence-electron chi connectivity index (χ0n) is 8.09. The molecule has 1 atom stereocenters. The standard InChI is InChI=1S/C8H16NO3/c1-7(2,3)5-8(4,10)6-9(11)12/h5-6H2,1-4H3. The van der Waals surface area contributed by atoms with Gasteiger partial charge in [0.05, 0.1) is 0 Å². The molecule has 71 valence electrons. The van der Waals surface area contributed by atoms with Crippen molar-refractivity contribution in [1.29, 1.82) is 0 Å². The number of hydrogen-bond donors (Lipinski definition) is 0. The highest BCUT2D eigenvalue weighted by molar-refractivity contribution is 4.78. The second kappa shape index (κ2) is 3.39. The van der Waals surface area contributed by atoms with E-state index < -0.39 is 17.1 Å². The molecule has 0 bridgehead atoms. The van der Waals surface area contributed by atoms with Gasteiger partial charge in [-0.05, 0) is 18.8 Å². The fraction of sp³-hybridized carbons (Fsp3) is 1.00. The molecule has 0 spiro atoms. The molecule has 0 aliphatic carbocycles. The average Bonchev–Trinajstić information content (AvgIpc) is 1.48. The molecule has 4 heteroatoms. The van der Waals surface area contributed by atoms with Gasteiger partial charge in [0.1, 0.15) is 0 Å². The SMILES string of the molecule is CC(C)(C)CC(C)([O])C[N+](=O)[O-]. The lowest BCUT2D eigenvalue weighted by Gasteiger charge is -2.25. The summed E-state index contributed by atoms with van der Waals surface area (Å²) in [6, 6.07) is 0. The van der Waals surface area contributed by atoms with Crippen LogP contribution in [0.25, 0.3) is 0 Å². The third kappa shape index (κ3) is 6.09. The zero-order valence-corrected chi connectivity index (χ0v) is 8.09. The highest BCUT2D eigenvalue weighted by atomic mass is 16.6. The van der Waals surface area contributed by atoms with Gasteiger partial charge in [0.15, 0.2) is 5.60 Å². The first kappa shape index (κ1) is 11.4. The van der Waals surface area contributed by atoms with Crippen molar-refractivity contribution in [2.24, 2.45) is 5.41 Å². The normalized spacial score (nSPS) is 17.1. The molecule has 0 fully saturated rings. The minimum absolute atomic E-state index is 0.146. The van der Waals surface area contributed by atoms with Crippen LogP contribution in [-0.4, -0.2) is 17.1 Å². The van der Waals surface area contributed by atoms with Gasteiger partial charge >= 0.3 is 0 Å². The van der Waals surface area contributed by atoms with Gasteiger partial charge in [-0.2, -0.15) is 0 Å². The van der Waals surface area contributed by atoms with Gasteiger partial charge in [0, 0.05) is 4.92 Å². The Bertz CT molecular complexity index is 170. The van der Waals surface area contributed by atoms with E-state index in [9.17, 15) is 15.2 Å². The molecule has 0 rings (SSSR count). The van der Waals surface area contributed by atoms with Crippen molar-refractivity contribution in [2.75, 3.05) is 6.54 Å². The van der Waals surface area contributed by atoms with Gasteiger partial charge in [-0.1, -0.05) is 20.8 Å². The van der Waals surface area contributed by atoms with Gasteiger partial charge in [-0.15, -0.1) is 0 Å². The lowest BCUT2D eigenvalue weighted by atomic mass is 9.83. The Morgan fingerprint density at radius 2 is 1.67 bits per heavy atom. The molecule has 1 unspecified atom stereocenters. The van der Waals surface area contributed by atoms with E-state index >= 15 is 0 Å². The molecule has 0 aromatic rings. The molecule has 12 heavy (non-hydrogen) atoms. The monoisotopic (exact) mass is 174 g/mol. The average molecular weight is 174 g/mol. The molecule has 0 saturated heterocycles. The Morgan fingerprint density at radius 1 is 1.25 bits per heavy atom. The van der Waals surface area contributed by atoms with Crippen molar-refractivity contribution in [3.8, 4) is 0 Å². The van der Waals surface area contributed by atoms with Gasteiger partial charge < -0.3 is 0 Å². The van der Waals surface area contributed by atoms with E-state index in [4.69, 9.17) is 0 Å². The van der Waals surface area contributed by atoms with Crippen LogP contribution in [0, 0.1) is 15.5 Å². The first-order chi connectivity index (χ1) is 5.12. The molecule has 0 saturated carbocycles. The van der Waals surface area contributed by atoms with E-state index in [0.717, 1.165) is 0 Å². The van der Waals surface area contributed by atoms with E-state index in [1.54, 1.807) is 0 Å². The minimum atomic E-state index is -1.44. The first-order valence-corrected chi connectivity index (χ1v) is 3.95. The van der Waals surface area contributed by atoms with E-state index in [2.05, 4.69) is 0 Å². The van der Waals surface area contributed by atoms with Crippen LogP contribution in [0.1, 0.15) is 34.1 Å². The molecule has 0 aliphatic heterocycles. The lowest BCUT2D eigenvalue weighted by Crippen LogP contribution is -2.36. The van der Waals surface area contributed by atoms with Crippen molar-refractivity contribution in [3.05, 3.63) is 10.1 Å². The highest BCUT2D eigenvalue weighted by Gasteiger charge is 2.34. The van der Waals surface area contributed by atoms with Crippen LogP contribution in [0.5, 0.6) is 0 Å². The summed E-state index contributed by atoms with van der Waals surface area (Å²) in [5, 5.41) is 21.6. The Morgan fingerprint density at radius 3 is 1.92 bits per heavy atom. The summed E-state index contributed by atoms with van der Waals surface area (Å²) >= 11 is 0. The predicted octanol–water partition coefficient (Wildman–Crippen LogP) is 1.89. The molecule has 0 N–H and O–H groups in total. The molecular weight excluding hydrogens is 158 g/mol. The molecular formula is C8H16NO3. The zero-order chi connectivity index (χ0) is 9.99. The molecule has 0 amide bonds. The molecule has 4 nitrogen and oxygen atoms in total. The Kier molecular flexibility index (Phi) is 3.21.